The summed E-state index contributed by atoms with van der Waals surface area (Å²) < 4.78 is 1.39. The van der Waals surface area contributed by atoms with Gasteiger partial charge in [-0.2, -0.15) is 0 Å². The maximum atomic E-state index is 7.00. The van der Waals surface area contributed by atoms with Crippen molar-refractivity contribution in [2.24, 2.45) is 0 Å². The van der Waals surface area contributed by atoms with Crippen LogP contribution in [-0.2, 0) is 0 Å². The quantitative estimate of drug-likeness (QED) is 0.625. The Morgan fingerprint density at radius 2 is 1.92 bits per heavy atom. The highest BCUT2D eigenvalue weighted by Crippen LogP contribution is 2.20. The first-order valence-corrected chi connectivity index (χ1v) is 4.70. The van der Waals surface area contributed by atoms with Crippen LogP contribution in [0.4, 0.5) is 0 Å². The molecule has 2 aromatic rings. The molecule has 0 spiro atoms. The Kier molecular flexibility index (Phi) is 3.95. The monoisotopic (exact) mass is 193 g/mol. The number of thiophene rings is 1. The molecule has 1 aromatic carbocycles. The topological polar surface area (TPSA) is 40.5 Å². The van der Waals surface area contributed by atoms with Gasteiger partial charge in [-0.1, -0.05) is 12.1 Å². The summed E-state index contributed by atoms with van der Waals surface area (Å²) in [5.41, 5.74) is 1.34. The van der Waals surface area contributed by atoms with E-state index >= 15 is 0 Å². The zero-order valence-corrected chi connectivity index (χ0v) is 8.08. The highest BCUT2D eigenvalue weighted by atomic mass is 32.1. The van der Waals surface area contributed by atoms with E-state index in [1.165, 1.54) is 15.6 Å². The van der Waals surface area contributed by atoms with Gasteiger partial charge >= 0.3 is 7.69 Å². The summed E-state index contributed by atoms with van der Waals surface area (Å²) in [6, 6.07) is 8.69. The molecule has 0 amide bonds. The first-order chi connectivity index (χ1) is 6.27. The van der Waals surface area contributed by atoms with E-state index in [0.717, 1.165) is 0 Å². The van der Waals surface area contributed by atoms with Gasteiger partial charge in [0.05, 0.1) is 0 Å². The average Bonchev–Trinajstić information content (AvgIpc) is 2.52. The molecule has 0 saturated heterocycles. The summed E-state index contributed by atoms with van der Waals surface area (Å²) in [6.45, 7) is 2.12. The number of benzene rings is 1. The summed E-state index contributed by atoms with van der Waals surface area (Å²) in [7, 11) is 0. The molecule has 0 saturated carbocycles. The van der Waals surface area contributed by atoms with Crippen molar-refractivity contribution in [3.8, 4) is 0 Å². The van der Waals surface area contributed by atoms with Crippen molar-refractivity contribution in [3.63, 3.8) is 0 Å². The van der Waals surface area contributed by atoms with Crippen molar-refractivity contribution in [2.75, 3.05) is 0 Å². The Morgan fingerprint density at radius 3 is 2.62 bits per heavy atom. The number of hydrogen-bond acceptors (Lipinski definition) is 3. The average molecular weight is 193 g/mol. The van der Waals surface area contributed by atoms with Gasteiger partial charge in [0.1, 0.15) is 0 Å². The minimum absolute atomic E-state index is 0. The van der Waals surface area contributed by atoms with Crippen molar-refractivity contribution < 1.29 is 10.0 Å². The molecular weight excluding hydrogens is 183 g/mol. The molecule has 1 radical (unpaired) electrons. The standard InChI is InChI=1S/C9H8S.BH2O2/c1-7-2-3-8-4-5-10-9(8)6-7;2-1-3/h2-6H,1H3;2-3H. The third-order valence-corrected chi connectivity index (χ3v) is 2.49. The number of rotatable bonds is 0. The molecule has 2 rings (SSSR count). The van der Waals surface area contributed by atoms with Crippen molar-refractivity contribution in [1.29, 1.82) is 0 Å². The SMILES string of the molecule is Cc1ccc2ccsc2c1.O[B]O. The minimum Gasteiger partial charge on any atom is -0.429 e. The molecule has 0 aliphatic heterocycles. The van der Waals surface area contributed by atoms with E-state index in [0.29, 0.717) is 0 Å². The predicted octanol–water partition coefficient (Wildman–Crippen LogP) is 1.71. The van der Waals surface area contributed by atoms with E-state index in [9.17, 15) is 0 Å². The van der Waals surface area contributed by atoms with Crippen LogP contribution in [0, 0.1) is 6.92 Å². The van der Waals surface area contributed by atoms with E-state index in [4.69, 9.17) is 10.0 Å². The first kappa shape index (κ1) is 10.2. The van der Waals surface area contributed by atoms with Crippen molar-refractivity contribution in [3.05, 3.63) is 35.2 Å². The van der Waals surface area contributed by atoms with Gasteiger partial charge in [-0.05, 0) is 35.4 Å². The Bertz CT molecular complexity index is 372. The summed E-state index contributed by atoms with van der Waals surface area (Å²) in [4.78, 5) is 0. The van der Waals surface area contributed by atoms with Gasteiger partial charge in [0.15, 0.2) is 0 Å². The molecule has 4 heteroatoms. The van der Waals surface area contributed by atoms with Crippen LogP contribution in [0.2, 0.25) is 0 Å². The van der Waals surface area contributed by atoms with Gasteiger partial charge in [0.2, 0.25) is 0 Å². The lowest BCUT2D eigenvalue weighted by molar-refractivity contribution is 0.448. The smallest absolute Gasteiger partial charge is 0.429 e. The normalized spacial score (nSPS) is 9.15. The fourth-order valence-electron chi connectivity index (χ4n) is 1.06. The van der Waals surface area contributed by atoms with Crippen LogP contribution in [0.25, 0.3) is 10.1 Å². The second-order valence-electron chi connectivity index (χ2n) is 2.58. The Morgan fingerprint density at radius 1 is 1.23 bits per heavy atom. The molecule has 0 aliphatic carbocycles. The molecule has 1 aromatic heterocycles. The van der Waals surface area contributed by atoms with Gasteiger partial charge in [0.25, 0.3) is 0 Å². The van der Waals surface area contributed by atoms with Gasteiger partial charge in [0, 0.05) is 4.70 Å². The molecule has 0 unspecified atom stereocenters. The van der Waals surface area contributed by atoms with E-state index in [2.05, 4.69) is 36.6 Å². The summed E-state index contributed by atoms with van der Waals surface area (Å²) >= 11 is 1.80. The number of fused-ring (bicyclic) bond motifs is 1. The number of hydrogen-bond donors (Lipinski definition) is 2. The van der Waals surface area contributed by atoms with E-state index < -0.39 is 0 Å². The highest BCUT2D eigenvalue weighted by molar-refractivity contribution is 7.17. The van der Waals surface area contributed by atoms with Crippen molar-refractivity contribution in [2.45, 2.75) is 6.92 Å². The van der Waals surface area contributed by atoms with Gasteiger partial charge < -0.3 is 10.0 Å². The molecule has 13 heavy (non-hydrogen) atoms. The zero-order chi connectivity index (χ0) is 9.68. The number of aryl methyl sites for hydroxylation is 1. The van der Waals surface area contributed by atoms with Crippen LogP contribution in [-0.4, -0.2) is 17.7 Å². The van der Waals surface area contributed by atoms with Gasteiger partial charge in [-0.3, -0.25) is 0 Å². The van der Waals surface area contributed by atoms with E-state index in [1.54, 1.807) is 11.3 Å². The van der Waals surface area contributed by atoms with E-state index in [1.807, 2.05) is 0 Å². The van der Waals surface area contributed by atoms with E-state index in [-0.39, 0.29) is 7.69 Å². The second-order valence-corrected chi connectivity index (χ2v) is 3.53. The Balaban J connectivity index is 0.000000251. The molecule has 67 valence electrons. The molecule has 2 nitrogen and oxygen atoms in total. The summed E-state index contributed by atoms with van der Waals surface area (Å²) in [5.74, 6) is 0. The lowest BCUT2D eigenvalue weighted by Crippen LogP contribution is -1.75. The molecule has 0 atom stereocenters. The van der Waals surface area contributed by atoms with Gasteiger partial charge in [-0.15, -0.1) is 11.3 Å². The second kappa shape index (κ2) is 5.02. The maximum Gasteiger partial charge on any atom is 0.482 e. The maximum absolute atomic E-state index is 7.00. The highest BCUT2D eigenvalue weighted by Gasteiger charge is 1.91. The zero-order valence-electron chi connectivity index (χ0n) is 7.27. The lowest BCUT2D eigenvalue weighted by atomic mass is 10.2. The minimum atomic E-state index is 0. The van der Waals surface area contributed by atoms with Crippen LogP contribution in [0.3, 0.4) is 0 Å². The molecular formula is C9H10BO2S. The molecule has 2 N–H and O–H groups in total. The molecule has 0 fully saturated rings. The first-order valence-electron chi connectivity index (χ1n) is 3.82. The Labute approximate surface area is 81.8 Å². The third kappa shape index (κ3) is 2.84. The van der Waals surface area contributed by atoms with Crippen molar-refractivity contribution in [1.82, 2.24) is 0 Å². The predicted molar refractivity (Wildman–Crippen MR) is 56.8 cm³/mol. The van der Waals surface area contributed by atoms with Crippen LogP contribution >= 0.6 is 11.3 Å². The molecule has 1 heterocycles. The summed E-state index contributed by atoms with van der Waals surface area (Å²) in [6.07, 6.45) is 0. The van der Waals surface area contributed by atoms with Crippen molar-refractivity contribution >= 4 is 29.1 Å². The van der Waals surface area contributed by atoms with Gasteiger partial charge in [-0.25, -0.2) is 0 Å². The molecule has 0 aliphatic rings. The lowest BCUT2D eigenvalue weighted by Gasteiger charge is -1.89. The molecule has 0 bridgehead atoms. The van der Waals surface area contributed by atoms with Crippen LogP contribution in [0.5, 0.6) is 0 Å². The van der Waals surface area contributed by atoms with Crippen LogP contribution in [0.1, 0.15) is 5.56 Å². The largest absolute Gasteiger partial charge is 0.482 e. The van der Waals surface area contributed by atoms with Crippen LogP contribution < -0.4 is 0 Å². The Hall–Kier alpha value is -0.835. The van der Waals surface area contributed by atoms with Crippen LogP contribution in [0.15, 0.2) is 29.6 Å². The fraction of sp³-hybridized carbons (Fsp3) is 0.111. The summed E-state index contributed by atoms with van der Waals surface area (Å²) in [5, 5.41) is 17.5. The third-order valence-electron chi connectivity index (χ3n) is 1.61. The fourth-order valence-corrected chi connectivity index (χ4v) is 1.95.